The largest absolute Gasteiger partial charge is 0.338 e. The Hall–Kier alpha value is -3.10. The lowest BCUT2D eigenvalue weighted by molar-refractivity contribution is 0.0474. The van der Waals surface area contributed by atoms with Gasteiger partial charge in [-0.1, -0.05) is 5.21 Å². The van der Waals surface area contributed by atoms with Crippen molar-refractivity contribution in [2.75, 3.05) is 13.1 Å². The van der Waals surface area contributed by atoms with Gasteiger partial charge in [-0.15, -0.1) is 5.10 Å². The summed E-state index contributed by atoms with van der Waals surface area (Å²) in [6.07, 6.45) is 5.45. The standard InChI is InChI=1S/C17H18FN7O/c1-11-14(7-20-21-11)17(26)24-8-12(9-24)4-5-25-10-16(22-23-25)15-3-2-13(18)6-19-15/h2-3,6-7,10,12H,4-5,8-9H2,1H3,(H,20,21). The fourth-order valence-corrected chi connectivity index (χ4v) is 3.02. The highest BCUT2D eigenvalue weighted by atomic mass is 19.1. The number of carbonyl (C=O) groups excluding carboxylic acids is 1. The van der Waals surface area contributed by atoms with Gasteiger partial charge in [0, 0.05) is 25.3 Å². The van der Waals surface area contributed by atoms with Crippen LogP contribution in [0.25, 0.3) is 11.4 Å². The van der Waals surface area contributed by atoms with Gasteiger partial charge in [-0.2, -0.15) is 5.10 Å². The minimum atomic E-state index is -0.379. The third kappa shape index (κ3) is 3.19. The van der Waals surface area contributed by atoms with E-state index in [0.29, 0.717) is 29.4 Å². The van der Waals surface area contributed by atoms with Gasteiger partial charge in [0.1, 0.15) is 11.5 Å². The highest BCUT2D eigenvalue weighted by molar-refractivity contribution is 5.95. The molecule has 0 saturated carbocycles. The number of aromatic amines is 1. The molecule has 26 heavy (non-hydrogen) atoms. The van der Waals surface area contributed by atoms with Gasteiger partial charge in [-0.25, -0.2) is 4.39 Å². The fourth-order valence-electron chi connectivity index (χ4n) is 3.02. The molecule has 1 aliphatic rings. The Morgan fingerprint density at radius 1 is 1.31 bits per heavy atom. The van der Waals surface area contributed by atoms with Crippen molar-refractivity contribution in [3.8, 4) is 11.4 Å². The number of likely N-dealkylation sites (tertiary alicyclic amines) is 1. The van der Waals surface area contributed by atoms with E-state index in [9.17, 15) is 9.18 Å². The van der Waals surface area contributed by atoms with Gasteiger partial charge in [-0.3, -0.25) is 19.6 Å². The lowest BCUT2D eigenvalue weighted by Crippen LogP contribution is -2.50. The van der Waals surface area contributed by atoms with Crippen molar-refractivity contribution in [1.82, 2.24) is 35.1 Å². The van der Waals surface area contributed by atoms with Crippen molar-refractivity contribution < 1.29 is 9.18 Å². The first-order valence-corrected chi connectivity index (χ1v) is 8.41. The van der Waals surface area contributed by atoms with E-state index in [1.165, 1.54) is 6.07 Å². The van der Waals surface area contributed by atoms with Crippen LogP contribution in [0.1, 0.15) is 22.5 Å². The lowest BCUT2D eigenvalue weighted by atomic mass is 9.95. The fraction of sp³-hybridized carbons (Fsp3) is 0.353. The first kappa shape index (κ1) is 16.4. The summed E-state index contributed by atoms with van der Waals surface area (Å²) >= 11 is 0. The average Bonchev–Trinajstić information content (AvgIpc) is 3.23. The molecule has 134 valence electrons. The third-order valence-corrected chi connectivity index (χ3v) is 4.60. The van der Waals surface area contributed by atoms with E-state index >= 15 is 0 Å². The van der Waals surface area contributed by atoms with Crippen LogP contribution < -0.4 is 0 Å². The molecule has 0 spiro atoms. The highest BCUT2D eigenvalue weighted by Gasteiger charge is 2.32. The van der Waals surface area contributed by atoms with E-state index in [0.717, 1.165) is 31.4 Å². The van der Waals surface area contributed by atoms with Crippen LogP contribution in [0.2, 0.25) is 0 Å². The second kappa shape index (κ2) is 6.66. The molecule has 3 aromatic rings. The zero-order chi connectivity index (χ0) is 18.1. The van der Waals surface area contributed by atoms with Crippen LogP contribution in [0.4, 0.5) is 4.39 Å². The number of hydrogen-bond donors (Lipinski definition) is 1. The Morgan fingerprint density at radius 3 is 2.85 bits per heavy atom. The Bertz CT molecular complexity index is 911. The van der Waals surface area contributed by atoms with E-state index in [4.69, 9.17) is 0 Å². The molecular formula is C17H18FN7O. The molecule has 1 saturated heterocycles. The van der Waals surface area contributed by atoms with Gasteiger partial charge < -0.3 is 4.90 Å². The summed E-state index contributed by atoms with van der Waals surface area (Å²) < 4.78 is 14.7. The van der Waals surface area contributed by atoms with Gasteiger partial charge in [-0.05, 0) is 31.4 Å². The van der Waals surface area contributed by atoms with Crippen LogP contribution in [0.5, 0.6) is 0 Å². The molecule has 0 atom stereocenters. The summed E-state index contributed by atoms with van der Waals surface area (Å²) in [5.41, 5.74) is 2.64. The van der Waals surface area contributed by atoms with Crippen molar-refractivity contribution in [3.05, 3.63) is 47.8 Å². The molecule has 0 aliphatic carbocycles. The van der Waals surface area contributed by atoms with Crippen LogP contribution in [0, 0.1) is 18.7 Å². The number of rotatable bonds is 5. The first-order chi connectivity index (χ1) is 12.6. The third-order valence-electron chi connectivity index (χ3n) is 4.60. The normalized spacial score (nSPS) is 14.5. The summed E-state index contributed by atoms with van der Waals surface area (Å²) in [5.74, 6) is 0.0940. The predicted molar refractivity (Wildman–Crippen MR) is 90.5 cm³/mol. The SMILES string of the molecule is Cc1[nH]ncc1C(=O)N1CC(CCn2cc(-c3ccc(F)cn3)nn2)C1. The van der Waals surface area contributed by atoms with Crippen molar-refractivity contribution in [1.29, 1.82) is 0 Å². The molecule has 4 rings (SSSR count). The van der Waals surface area contributed by atoms with Crippen molar-refractivity contribution in [3.63, 3.8) is 0 Å². The molecule has 9 heteroatoms. The van der Waals surface area contributed by atoms with Gasteiger partial charge in [0.15, 0.2) is 0 Å². The van der Waals surface area contributed by atoms with Crippen LogP contribution in [0.15, 0.2) is 30.7 Å². The van der Waals surface area contributed by atoms with E-state index in [1.807, 2.05) is 11.8 Å². The number of carbonyl (C=O) groups is 1. The lowest BCUT2D eigenvalue weighted by Gasteiger charge is -2.39. The van der Waals surface area contributed by atoms with Crippen LogP contribution >= 0.6 is 0 Å². The number of H-pyrrole nitrogens is 1. The molecule has 0 aromatic carbocycles. The summed E-state index contributed by atoms with van der Waals surface area (Å²) in [6.45, 7) is 4.04. The maximum Gasteiger partial charge on any atom is 0.257 e. The number of hydrogen-bond acceptors (Lipinski definition) is 5. The summed E-state index contributed by atoms with van der Waals surface area (Å²) in [4.78, 5) is 18.2. The molecular weight excluding hydrogens is 337 g/mol. The molecule has 4 heterocycles. The van der Waals surface area contributed by atoms with Crippen LogP contribution in [0.3, 0.4) is 0 Å². The zero-order valence-electron chi connectivity index (χ0n) is 14.3. The molecule has 1 amide bonds. The second-order valence-corrected chi connectivity index (χ2v) is 6.50. The molecule has 1 fully saturated rings. The minimum Gasteiger partial charge on any atom is -0.338 e. The minimum absolute atomic E-state index is 0.0259. The van der Waals surface area contributed by atoms with Crippen molar-refractivity contribution >= 4 is 5.91 Å². The van der Waals surface area contributed by atoms with E-state index in [1.54, 1.807) is 23.1 Å². The van der Waals surface area contributed by atoms with Gasteiger partial charge >= 0.3 is 0 Å². The zero-order valence-corrected chi connectivity index (χ0v) is 14.3. The molecule has 1 N–H and O–H groups in total. The first-order valence-electron chi connectivity index (χ1n) is 8.41. The van der Waals surface area contributed by atoms with Crippen molar-refractivity contribution in [2.45, 2.75) is 19.9 Å². The number of amides is 1. The molecule has 0 unspecified atom stereocenters. The Kier molecular flexibility index (Phi) is 4.19. The van der Waals surface area contributed by atoms with Gasteiger partial charge in [0.05, 0.1) is 29.8 Å². The molecule has 0 radical (unpaired) electrons. The Labute approximate surface area is 149 Å². The molecule has 8 nitrogen and oxygen atoms in total. The predicted octanol–water partition coefficient (Wildman–Crippen LogP) is 1.67. The van der Waals surface area contributed by atoms with E-state index < -0.39 is 0 Å². The number of nitrogens with zero attached hydrogens (tertiary/aromatic N) is 6. The number of nitrogens with one attached hydrogen (secondary N) is 1. The molecule has 1 aliphatic heterocycles. The van der Waals surface area contributed by atoms with Crippen LogP contribution in [-0.2, 0) is 6.54 Å². The average molecular weight is 355 g/mol. The highest BCUT2D eigenvalue weighted by Crippen LogP contribution is 2.23. The quantitative estimate of drug-likeness (QED) is 0.752. The summed E-state index contributed by atoms with van der Waals surface area (Å²) in [7, 11) is 0. The second-order valence-electron chi connectivity index (χ2n) is 6.50. The Morgan fingerprint density at radius 2 is 2.15 bits per heavy atom. The Balaban J connectivity index is 1.28. The smallest absolute Gasteiger partial charge is 0.257 e. The van der Waals surface area contributed by atoms with Gasteiger partial charge in [0.2, 0.25) is 0 Å². The van der Waals surface area contributed by atoms with Crippen LogP contribution in [-0.4, -0.2) is 54.1 Å². The number of aromatic nitrogens is 6. The summed E-state index contributed by atoms with van der Waals surface area (Å²) in [6, 6.07) is 2.93. The van der Waals surface area contributed by atoms with E-state index in [-0.39, 0.29) is 11.7 Å². The number of pyridine rings is 1. The maximum absolute atomic E-state index is 12.9. The topological polar surface area (TPSA) is 92.6 Å². The van der Waals surface area contributed by atoms with Gasteiger partial charge in [0.25, 0.3) is 5.91 Å². The molecule has 0 bridgehead atoms. The maximum atomic E-state index is 12.9. The van der Waals surface area contributed by atoms with Crippen molar-refractivity contribution in [2.24, 2.45) is 5.92 Å². The monoisotopic (exact) mass is 355 g/mol. The van der Waals surface area contributed by atoms with E-state index in [2.05, 4.69) is 25.5 Å². The number of halogens is 1. The summed E-state index contributed by atoms with van der Waals surface area (Å²) in [5, 5.41) is 14.9. The molecule has 3 aromatic heterocycles. The number of aryl methyl sites for hydroxylation is 2.